The van der Waals surface area contributed by atoms with E-state index < -0.39 is 5.97 Å². The Morgan fingerprint density at radius 1 is 0.852 bits per heavy atom. The van der Waals surface area contributed by atoms with Crippen LogP contribution < -0.4 is 9.47 Å². The number of carbonyl (C=O) groups is 3. The number of carboxylic acids is 1. The predicted octanol–water partition coefficient (Wildman–Crippen LogP) is 3.49. The lowest BCUT2D eigenvalue weighted by atomic mass is 9.84. The Bertz CT molecular complexity index is 900. The molecule has 27 heavy (non-hydrogen) atoms. The van der Waals surface area contributed by atoms with Crippen LogP contribution in [0.15, 0.2) is 36.4 Å². The van der Waals surface area contributed by atoms with Gasteiger partial charge < -0.3 is 14.6 Å². The average Bonchev–Trinajstić information content (AvgIpc) is 2.67. The van der Waals surface area contributed by atoms with Crippen LogP contribution in [0.3, 0.4) is 0 Å². The molecule has 2 aromatic rings. The fourth-order valence-corrected chi connectivity index (χ4v) is 2.92. The molecule has 0 fully saturated rings. The fourth-order valence-electron chi connectivity index (χ4n) is 2.92. The molecule has 1 aliphatic carbocycles. The summed E-state index contributed by atoms with van der Waals surface area (Å²) in [7, 11) is 0. The van der Waals surface area contributed by atoms with Crippen LogP contribution in [-0.2, 0) is 4.79 Å². The van der Waals surface area contributed by atoms with E-state index >= 15 is 0 Å². The van der Waals surface area contributed by atoms with Gasteiger partial charge in [-0.15, -0.1) is 0 Å². The Morgan fingerprint density at radius 3 is 1.85 bits per heavy atom. The van der Waals surface area contributed by atoms with Crippen molar-refractivity contribution in [3.05, 3.63) is 58.7 Å². The van der Waals surface area contributed by atoms with E-state index in [9.17, 15) is 14.4 Å². The van der Waals surface area contributed by atoms with Gasteiger partial charge in [0.2, 0.25) is 0 Å². The molecule has 6 heteroatoms. The molecular formula is C21H20O6. The number of carboxylic acid groups (broad SMARTS) is 1. The molecule has 6 nitrogen and oxygen atoms in total. The zero-order valence-electron chi connectivity index (χ0n) is 15.0. The van der Waals surface area contributed by atoms with Crippen LogP contribution in [0.5, 0.6) is 11.5 Å². The minimum atomic E-state index is -0.885. The molecule has 0 aromatic heterocycles. The minimum Gasteiger partial charge on any atom is -0.494 e. The summed E-state index contributed by atoms with van der Waals surface area (Å²) in [5.41, 5.74) is 1.32. The lowest BCUT2D eigenvalue weighted by molar-refractivity contribution is -0.137. The van der Waals surface area contributed by atoms with Crippen LogP contribution in [0.2, 0.25) is 0 Å². The first kappa shape index (κ1) is 18.6. The molecule has 0 aliphatic heterocycles. The van der Waals surface area contributed by atoms with Crippen molar-refractivity contribution in [2.75, 3.05) is 13.2 Å². The number of ether oxygens (including phenoxy) is 2. The highest BCUT2D eigenvalue weighted by atomic mass is 16.5. The minimum absolute atomic E-state index is 0.0121. The van der Waals surface area contributed by atoms with E-state index in [1.165, 1.54) is 0 Å². The number of hydrogen-bond donors (Lipinski definition) is 1. The predicted molar refractivity (Wildman–Crippen MR) is 97.9 cm³/mol. The molecule has 2 aromatic carbocycles. The normalized spacial score (nSPS) is 12.3. The number of rotatable bonds is 8. The third-order valence-corrected chi connectivity index (χ3v) is 4.24. The van der Waals surface area contributed by atoms with Crippen LogP contribution in [0.25, 0.3) is 0 Å². The highest BCUT2D eigenvalue weighted by Gasteiger charge is 2.30. The van der Waals surface area contributed by atoms with Crippen LogP contribution >= 0.6 is 0 Å². The second kappa shape index (κ2) is 8.03. The smallest absolute Gasteiger partial charge is 0.303 e. The largest absolute Gasteiger partial charge is 0.494 e. The Hall–Kier alpha value is -3.15. The van der Waals surface area contributed by atoms with E-state index in [1.54, 1.807) is 36.4 Å². The second-order valence-electron chi connectivity index (χ2n) is 6.27. The zero-order chi connectivity index (χ0) is 19.4. The van der Waals surface area contributed by atoms with Crippen LogP contribution in [0, 0.1) is 0 Å². The maximum atomic E-state index is 12.8. The van der Waals surface area contributed by atoms with Crippen molar-refractivity contribution in [1.29, 1.82) is 0 Å². The number of hydrogen-bond acceptors (Lipinski definition) is 5. The summed E-state index contributed by atoms with van der Waals surface area (Å²) in [6.45, 7) is 2.76. The Labute approximate surface area is 156 Å². The van der Waals surface area contributed by atoms with Crippen molar-refractivity contribution in [2.24, 2.45) is 0 Å². The molecule has 0 unspecified atom stereocenters. The molecule has 0 saturated carbocycles. The molecule has 0 bridgehead atoms. The van der Waals surface area contributed by atoms with Crippen LogP contribution in [0.4, 0.5) is 0 Å². The topological polar surface area (TPSA) is 89.9 Å². The number of benzene rings is 2. The third-order valence-electron chi connectivity index (χ3n) is 4.24. The SMILES string of the molecule is CCCOc1ccc2c(c1)C(=O)c1ccc(OCCCC(=O)O)cc1C2=O. The van der Waals surface area contributed by atoms with Crippen LogP contribution in [-0.4, -0.2) is 35.9 Å². The highest BCUT2D eigenvalue weighted by molar-refractivity contribution is 6.28. The molecule has 1 aliphatic rings. The second-order valence-corrected chi connectivity index (χ2v) is 6.27. The van der Waals surface area contributed by atoms with Gasteiger partial charge in [0.05, 0.1) is 13.2 Å². The molecular weight excluding hydrogens is 348 g/mol. The van der Waals surface area contributed by atoms with Crippen molar-refractivity contribution in [3.63, 3.8) is 0 Å². The molecule has 0 saturated heterocycles. The van der Waals surface area contributed by atoms with E-state index in [-0.39, 0.29) is 24.6 Å². The number of fused-ring (bicyclic) bond motifs is 2. The van der Waals surface area contributed by atoms with Gasteiger partial charge in [-0.3, -0.25) is 14.4 Å². The summed E-state index contributed by atoms with van der Waals surface area (Å²) < 4.78 is 11.1. The summed E-state index contributed by atoms with van der Waals surface area (Å²) in [6.07, 6.45) is 1.23. The Kier molecular flexibility index (Phi) is 5.54. The van der Waals surface area contributed by atoms with E-state index in [4.69, 9.17) is 14.6 Å². The summed E-state index contributed by atoms with van der Waals surface area (Å²) in [5.74, 6) is -0.342. The third kappa shape index (κ3) is 4.00. The first-order valence-corrected chi connectivity index (χ1v) is 8.86. The van der Waals surface area contributed by atoms with E-state index in [2.05, 4.69) is 0 Å². The van der Waals surface area contributed by atoms with Crippen molar-refractivity contribution in [1.82, 2.24) is 0 Å². The number of carbonyl (C=O) groups excluding carboxylic acids is 2. The zero-order valence-corrected chi connectivity index (χ0v) is 15.0. The lowest BCUT2D eigenvalue weighted by Gasteiger charge is -2.19. The van der Waals surface area contributed by atoms with Gasteiger partial charge >= 0.3 is 5.97 Å². The quantitative estimate of drug-likeness (QED) is 0.612. The van der Waals surface area contributed by atoms with Gasteiger partial charge in [-0.2, -0.15) is 0 Å². The summed E-state index contributed by atoms with van der Waals surface area (Å²) in [6, 6.07) is 9.66. The number of ketones is 2. The summed E-state index contributed by atoms with van der Waals surface area (Å²) >= 11 is 0. The van der Waals surface area contributed by atoms with Gasteiger partial charge in [0, 0.05) is 28.7 Å². The average molecular weight is 368 g/mol. The van der Waals surface area contributed by atoms with E-state index in [1.807, 2.05) is 6.92 Å². The molecule has 0 spiro atoms. The number of aliphatic carboxylic acids is 1. The van der Waals surface area contributed by atoms with E-state index in [0.29, 0.717) is 46.8 Å². The Morgan fingerprint density at radius 2 is 1.37 bits per heavy atom. The molecule has 0 amide bonds. The summed E-state index contributed by atoms with van der Waals surface area (Å²) in [4.78, 5) is 36.2. The van der Waals surface area contributed by atoms with Gasteiger partial charge in [0.25, 0.3) is 0 Å². The molecule has 0 heterocycles. The molecule has 140 valence electrons. The Balaban J connectivity index is 1.82. The van der Waals surface area contributed by atoms with Crippen molar-refractivity contribution in [3.8, 4) is 11.5 Å². The maximum Gasteiger partial charge on any atom is 0.303 e. The lowest BCUT2D eigenvalue weighted by Crippen LogP contribution is -2.21. The molecule has 0 radical (unpaired) electrons. The first-order chi connectivity index (χ1) is 13.0. The molecule has 0 atom stereocenters. The van der Waals surface area contributed by atoms with Crippen molar-refractivity contribution >= 4 is 17.5 Å². The van der Waals surface area contributed by atoms with Crippen molar-refractivity contribution in [2.45, 2.75) is 26.2 Å². The first-order valence-electron chi connectivity index (χ1n) is 8.86. The standard InChI is InChI=1S/C21H20O6/c1-2-9-26-13-5-7-15-17(11-13)20(24)16-8-6-14(12-18(16)21(15)25)27-10-3-4-19(22)23/h5-8,11-12H,2-4,9-10H2,1H3,(H,22,23). The molecule has 1 N–H and O–H groups in total. The van der Waals surface area contributed by atoms with Gasteiger partial charge in [-0.1, -0.05) is 6.92 Å². The summed E-state index contributed by atoms with van der Waals surface area (Å²) in [5, 5.41) is 8.65. The van der Waals surface area contributed by atoms with Gasteiger partial charge in [0.1, 0.15) is 11.5 Å². The van der Waals surface area contributed by atoms with Crippen molar-refractivity contribution < 1.29 is 29.0 Å². The van der Waals surface area contributed by atoms with Gasteiger partial charge in [-0.05, 0) is 49.2 Å². The highest BCUT2D eigenvalue weighted by Crippen LogP contribution is 2.32. The molecule has 3 rings (SSSR count). The maximum absolute atomic E-state index is 12.8. The van der Waals surface area contributed by atoms with E-state index in [0.717, 1.165) is 6.42 Å². The van der Waals surface area contributed by atoms with Gasteiger partial charge in [0.15, 0.2) is 11.6 Å². The fraction of sp³-hybridized carbons (Fsp3) is 0.286. The monoisotopic (exact) mass is 368 g/mol. The van der Waals surface area contributed by atoms with Crippen LogP contribution in [0.1, 0.15) is 58.0 Å². The van der Waals surface area contributed by atoms with Gasteiger partial charge in [-0.25, -0.2) is 0 Å².